The van der Waals surface area contributed by atoms with E-state index in [-0.39, 0.29) is 17.1 Å². The molecule has 0 spiro atoms. The van der Waals surface area contributed by atoms with E-state index in [2.05, 4.69) is 0 Å². The number of aromatic carboxylic acids is 1. The number of hydrogen-bond acceptors (Lipinski definition) is 3. The number of carbonyl (C=O) groups is 1. The minimum atomic E-state index is -1.54. The maximum Gasteiger partial charge on any atom is 0.338 e. The summed E-state index contributed by atoms with van der Waals surface area (Å²) in [6.07, 6.45) is 0. The molecule has 0 saturated carbocycles. The van der Waals surface area contributed by atoms with Crippen molar-refractivity contribution in [3.63, 3.8) is 0 Å². The topological polar surface area (TPSA) is 55.8 Å². The fraction of sp³-hybridized carbons (Fsp3) is 0.133. The molecule has 0 amide bonds. The van der Waals surface area contributed by atoms with Crippen molar-refractivity contribution < 1.29 is 28.2 Å². The van der Waals surface area contributed by atoms with Gasteiger partial charge >= 0.3 is 5.97 Å². The molecule has 2 aromatic rings. The smallest absolute Gasteiger partial charge is 0.338 e. The molecule has 0 radical (unpaired) electrons. The van der Waals surface area contributed by atoms with Gasteiger partial charge in [0.2, 0.25) is 0 Å². The van der Waals surface area contributed by atoms with Crippen molar-refractivity contribution in [1.82, 2.24) is 0 Å². The Balaban J connectivity index is 2.50. The Morgan fingerprint density at radius 1 is 1.19 bits per heavy atom. The quantitative estimate of drug-likeness (QED) is 0.932. The minimum absolute atomic E-state index is 0.199. The van der Waals surface area contributed by atoms with Gasteiger partial charge in [-0.05, 0) is 25.1 Å². The molecule has 2 rings (SSSR count). The van der Waals surface area contributed by atoms with Gasteiger partial charge in [-0.2, -0.15) is 0 Å². The predicted octanol–water partition coefficient (Wildman–Crippen LogP) is 3.77. The average molecular weight is 294 g/mol. The maximum absolute atomic E-state index is 14.0. The summed E-state index contributed by atoms with van der Waals surface area (Å²) in [4.78, 5) is 10.8. The van der Waals surface area contributed by atoms with Crippen molar-refractivity contribution in [2.45, 2.75) is 6.92 Å². The number of halogens is 2. The van der Waals surface area contributed by atoms with Crippen LogP contribution < -0.4 is 9.47 Å². The Bertz CT molecular complexity index is 698. The molecule has 0 aromatic heterocycles. The standard InChI is InChI=1S/C15H12F2O4/c1-8-13(17)9(15(18)19)7-10(16)14(8)21-12-6-4-3-5-11(12)20-2/h3-7H,1-2H3,(H,18,19). The summed E-state index contributed by atoms with van der Waals surface area (Å²) in [7, 11) is 1.42. The van der Waals surface area contributed by atoms with Gasteiger partial charge in [0, 0.05) is 5.56 Å². The van der Waals surface area contributed by atoms with Crippen molar-refractivity contribution in [3.05, 3.63) is 53.1 Å². The molecule has 0 unspecified atom stereocenters. The summed E-state index contributed by atoms with van der Waals surface area (Å²) < 4.78 is 38.3. The summed E-state index contributed by atoms with van der Waals surface area (Å²) in [5.41, 5.74) is -0.962. The number of rotatable bonds is 4. The lowest BCUT2D eigenvalue weighted by Crippen LogP contribution is -2.06. The molecule has 0 heterocycles. The Hall–Kier alpha value is -2.63. The first-order valence-electron chi connectivity index (χ1n) is 5.98. The number of carboxylic acids is 1. The molecule has 4 nitrogen and oxygen atoms in total. The van der Waals surface area contributed by atoms with Crippen molar-refractivity contribution in [2.75, 3.05) is 7.11 Å². The first-order chi connectivity index (χ1) is 9.95. The Labute approximate surface area is 119 Å². The van der Waals surface area contributed by atoms with E-state index in [1.165, 1.54) is 20.1 Å². The van der Waals surface area contributed by atoms with Gasteiger partial charge in [-0.1, -0.05) is 12.1 Å². The second kappa shape index (κ2) is 5.78. The van der Waals surface area contributed by atoms with Gasteiger partial charge < -0.3 is 14.6 Å². The van der Waals surface area contributed by atoms with Crippen LogP contribution in [-0.4, -0.2) is 18.2 Å². The molecule has 0 aliphatic rings. The first kappa shape index (κ1) is 14.8. The van der Waals surface area contributed by atoms with Crippen molar-refractivity contribution in [1.29, 1.82) is 0 Å². The molecular formula is C15H12F2O4. The molecular weight excluding hydrogens is 282 g/mol. The number of para-hydroxylation sites is 2. The van der Waals surface area contributed by atoms with Crippen LogP contribution in [-0.2, 0) is 0 Å². The van der Waals surface area contributed by atoms with Crippen molar-refractivity contribution in [3.8, 4) is 17.2 Å². The Morgan fingerprint density at radius 2 is 1.81 bits per heavy atom. The third-order valence-corrected chi connectivity index (χ3v) is 2.91. The van der Waals surface area contributed by atoms with Crippen LogP contribution in [0.25, 0.3) is 0 Å². The molecule has 1 N–H and O–H groups in total. The van der Waals surface area contributed by atoms with E-state index in [1.54, 1.807) is 18.2 Å². The lowest BCUT2D eigenvalue weighted by Gasteiger charge is -2.14. The fourth-order valence-corrected chi connectivity index (χ4v) is 1.83. The van der Waals surface area contributed by atoms with E-state index >= 15 is 0 Å². The van der Waals surface area contributed by atoms with Crippen molar-refractivity contribution >= 4 is 5.97 Å². The highest BCUT2D eigenvalue weighted by Gasteiger charge is 2.21. The van der Waals surface area contributed by atoms with Gasteiger partial charge in [0.15, 0.2) is 23.1 Å². The van der Waals surface area contributed by atoms with Crippen LogP contribution in [0.15, 0.2) is 30.3 Å². The van der Waals surface area contributed by atoms with E-state index in [0.717, 1.165) is 0 Å². The second-order valence-corrected chi connectivity index (χ2v) is 4.23. The van der Waals surface area contributed by atoms with E-state index in [4.69, 9.17) is 14.6 Å². The molecule has 0 saturated heterocycles. The Kier molecular flexibility index (Phi) is 4.07. The first-order valence-corrected chi connectivity index (χ1v) is 5.98. The minimum Gasteiger partial charge on any atom is -0.493 e. The summed E-state index contributed by atoms with van der Waals surface area (Å²) in [5, 5.41) is 8.81. The molecule has 21 heavy (non-hydrogen) atoms. The zero-order chi connectivity index (χ0) is 15.6. The summed E-state index contributed by atoms with van der Waals surface area (Å²) >= 11 is 0. The molecule has 0 atom stereocenters. The average Bonchev–Trinajstić information content (AvgIpc) is 2.47. The summed E-state index contributed by atoms with van der Waals surface area (Å²) in [6.45, 7) is 1.25. The molecule has 110 valence electrons. The second-order valence-electron chi connectivity index (χ2n) is 4.23. The van der Waals surface area contributed by atoms with E-state index in [9.17, 15) is 13.6 Å². The van der Waals surface area contributed by atoms with E-state index < -0.39 is 23.2 Å². The summed E-state index contributed by atoms with van der Waals surface area (Å²) in [5.74, 6) is -3.37. The van der Waals surface area contributed by atoms with Gasteiger partial charge in [0.25, 0.3) is 0 Å². The van der Waals surface area contributed by atoms with Crippen LogP contribution in [0.5, 0.6) is 17.2 Å². The number of carboxylic acid groups (broad SMARTS) is 1. The molecule has 6 heteroatoms. The number of ether oxygens (including phenoxy) is 2. The third-order valence-electron chi connectivity index (χ3n) is 2.91. The SMILES string of the molecule is COc1ccccc1Oc1c(F)cc(C(=O)O)c(F)c1C. The highest BCUT2D eigenvalue weighted by Crippen LogP contribution is 2.35. The van der Waals surface area contributed by atoms with Crippen LogP contribution >= 0.6 is 0 Å². The highest BCUT2D eigenvalue weighted by molar-refractivity contribution is 5.88. The van der Waals surface area contributed by atoms with Crippen molar-refractivity contribution in [2.24, 2.45) is 0 Å². The zero-order valence-corrected chi connectivity index (χ0v) is 11.3. The van der Waals surface area contributed by atoms with Crippen LogP contribution in [0.1, 0.15) is 15.9 Å². The fourth-order valence-electron chi connectivity index (χ4n) is 1.83. The highest BCUT2D eigenvalue weighted by atomic mass is 19.1. The predicted molar refractivity (Wildman–Crippen MR) is 71.1 cm³/mol. The molecule has 0 fully saturated rings. The lowest BCUT2D eigenvalue weighted by atomic mass is 10.1. The Morgan fingerprint density at radius 3 is 2.38 bits per heavy atom. The molecule has 0 aliphatic carbocycles. The van der Waals surface area contributed by atoms with Crippen LogP contribution in [0, 0.1) is 18.6 Å². The van der Waals surface area contributed by atoms with E-state index in [0.29, 0.717) is 11.8 Å². The normalized spacial score (nSPS) is 10.3. The van der Waals surface area contributed by atoms with Crippen LogP contribution in [0.3, 0.4) is 0 Å². The van der Waals surface area contributed by atoms with Gasteiger partial charge in [0.05, 0.1) is 12.7 Å². The number of methoxy groups -OCH3 is 1. The molecule has 0 bridgehead atoms. The van der Waals surface area contributed by atoms with Gasteiger partial charge in [0.1, 0.15) is 5.82 Å². The lowest BCUT2D eigenvalue weighted by molar-refractivity contribution is 0.0691. The third kappa shape index (κ3) is 2.79. The summed E-state index contributed by atoms with van der Waals surface area (Å²) in [6, 6.07) is 7.07. The van der Waals surface area contributed by atoms with Gasteiger partial charge in [-0.3, -0.25) is 0 Å². The maximum atomic E-state index is 14.0. The van der Waals surface area contributed by atoms with E-state index in [1.807, 2.05) is 0 Å². The molecule has 2 aromatic carbocycles. The number of hydrogen-bond donors (Lipinski definition) is 1. The van der Waals surface area contributed by atoms with Gasteiger partial charge in [-0.15, -0.1) is 0 Å². The zero-order valence-electron chi connectivity index (χ0n) is 11.3. The van der Waals surface area contributed by atoms with Crippen LogP contribution in [0.4, 0.5) is 8.78 Å². The largest absolute Gasteiger partial charge is 0.493 e. The van der Waals surface area contributed by atoms with Crippen LogP contribution in [0.2, 0.25) is 0 Å². The molecule has 0 aliphatic heterocycles. The monoisotopic (exact) mass is 294 g/mol. The van der Waals surface area contributed by atoms with Gasteiger partial charge in [-0.25, -0.2) is 13.6 Å². The number of benzene rings is 2.